The number of rotatable bonds is 7. The standard InChI is InChI=1S/C24H30N4/c1-15-11-13-19-23(17(15)3)27-21(25-19)9-7-5-6-8-10-22-26-20-14-12-16(2)18(4)24(20)28-22/h11-14H,5-10H2,1-4H3,(H,25,27)(H,26,28). The number of aryl methyl sites for hydroxylation is 6. The summed E-state index contributed by atoms with van der Waals surface area (Å²) in [6, 6.07) is 8.62. The topological polar surface area (TPSA) is 57.4 Å². The molecule has 4 rings (SSSR count). The molecule has 4 nitrogen and oxygen atoms in total. The van der Waals surface area contributed by atoms with Crippen LogP contribution < -0.4 is 0 Å². The lowest BCUT2D eigenvalue weighted by molar-refractivity contribution is 0.625. The quantitative estimate of drug-likeness (QED) is 0.389. The molecule has 2 heterocycles. The largest absolute Gasteiger partial charge is 0.342 e. The predicted octanol–water partition coefficient (Wildman–Crippen LogP) is 6.02. The molecule has 4 aromatic rings. The van der Waals surface area contributed by atoms with Crippen LogP contribution >= 0.6 is 0 Å². The van der Waals surface area contributed by atoms with Crippen LogP contribution in [-0.2, 0) is 12.8 Å². The number of imidazole rings is 2. The van der Waals surface area contributed by atoms with Crippen LogP contribution in [0.25, 0.3) is 22.1 Å². The predicted molar refractivity (Wildman–Crippen MR) is 117 cm³/mol. The molecule has 28 heavy (non-hydrogen) atoms. The number of nitrogens with zero attached hydrogens (tertiary/aromatic N) is 2. The molecular weight excluding hydrogens is 344 g/mol. The maximum Gasteiger partial charge on any atom is 0.107 e. The van der Waals surface area contributed by atoms with E-state index in [0.717, 1.165) is 46.6 Å². The summed E-state index contributed by atoms with van der Waals surface area (Å²) in [7, 11) is 0. The summed E-state index contributed by atoms with van der Waals surface area (Å²) >= 11 is 0. The normalized spacial score (nSPS) is 11.7. The number of nitrogens with one attached hydrogen (secondary N) is 2. The van der Waals surface area contributed by atoms with E-state index < -0.39 is 0 Å². The van der Waals surface area contributed by atoms with Gasteiger partial charge in [0.15, 0.2) is 0 Å². The first-order valence-corrected chi connectivity index (χ1v) is 10.4. The van der Waals surface area contributed by atoms with Gasteiger partial charge in [0.2, 0.25) is 0 Å². The summed E-state index contributed by atoms with van der Waals surface area (Å²) in [6.07, 6.45) is 6.86. The Morgan fingerprint density at radius 1 is 0.607 bits per heavy atom. The summed E-state index contributed by atoms with van der Waals surface area (Å²) in [5.74, 6) is 2.23. The van der Waals surface area contributed by atoms with Gasteiger partial charge in [-0.1, -0.05) is 25.0 Å². The first-order chi connectivity index (χ1) is 13.5. The Morgan fingerprint density at radius 2 is 1.04 bits per heavy atom. The molecule has 0 saturated heterocycles. The molecule has 0 aliphatic heterocycles. The zero-order chi connectivity index (χ0) is 19.7. The van der Waals surface area contributed by atoms with E-state index in [1.165, 1.54) is 47.9 Å². The third kappa shape index (κ3) is 3.68. The van der Waals surface area contributed by atoms with E-state index in [-0.39, 0.29) is 0 Å². The van der Waals surface area contributed by atoms with Crippen molar-refractivity contribution in [3.8, 4) is 0 Å². The average molecular weight is 375 g/mol. The fraction of sp³-hybridized carbons (Fsp3) is 0.417. The average Bonchev–Trinajstić information content (AvgIpc) is 3.29. The second-order valence-electron chi connectivity index (χ2n) is 8.09. The van der Waals surface area contributed by atoms with Crippen molar-refractivity contribution >= 4 is 22.1 Å². The fourth-order valence-electron chi connectivity index (χ4n) is 3.90. The van der Waals surface area contributed by atoms with E-state index in [1.807, 2.05) is 0 Å². The molecule has 2 aromatic carbocycles. The lowest BCUT2D eigenvalue weighted by Gasteiger charge is -1.99. The summed E-state index contributed by atoms with van der Waals surface area (Å²) in [4.78, 5) is 16.6. The molecule has 0 radical (unpaired) electrons. The van der Waals surface area contributed by atoms with Crippen LogP contribution in [-0.4, -0.2) is 19.9 Å². The molecule has 2 N–H and O–H groups in total. The second-order valence-corrected chi connectivity index (χ2v) is 8.09. The minimum atomic E-state index is 1.02. The van der Waals surface area contributed by atoms with Gasteiger partial charge in [-0.2, -0.15) is 0 Å². The van der Waals surface area contributed by atoms with Gasteiger partial charge in [0, 0.05) is 12.8 Å². The molecule has 0 bridgehead atoms. The van der Waals surface area contributed by atoms with Gasteiger partial charge in [-0.3, -0.25) is 0 Å². The maximum atomic E-state index is 4.81. The van der Waals surface area contributed by atoms with E-state index in [1.54, 1.807) is 0 Å². The fourth-order valence-corrected chi connectivity index (χ4v) is 3.90. The van der Waals surface area contributed by atoms with Gasteiger partial charge in [0.05, 0.1) is 22.1 Å². The van der Waals surface area contributed by atoms with E-state index in [2.05, 4.69) is 61.9 Å². The number of hydrogen-bond donors (Lipinski definition) is 2. The number of aromatic amines is 2. The molecule has 0 unspecified atom stereocenters. The van der Waals surface area contributed by atoms with Crippen molar-refractivity contribution in [1.29, 1.82) is 0 Å². The molecule has 0 saturated carbocycles. The van der Waals surface area contributed by atoms with Crippen molar-refractivity contribution in [3.63, 3.8) is 0 Å². The molecule has 0 amide bonds. The van der Waals surface area contributed by atoms with Crippen molar-refractivity contribution in [2.45, 2.75) is 66.2 Å². The molecule has 0 aliphatic rings. The maximum absolute atomic E-state index is 4.81. The molecule has 0 atom stereocenters. The number of hydrogen-bond acceptors (Lipinski definition) is 2. The number of benzene rings is 2. The van der Waals surface area contributed by atoms with Crippen LogP contribution in [0.5, 0.6) is 0 Å². The number of fused-ring (bicyclic) bond motifs is 2. The van der Waals surface area contributed by atoms with E-state index in [9.17, 15) is 0 Å². The SMILES string of the molecule is Cc1ccc2[nH]c(CCCCCCc3nc4c(C)c(C)ccc4[nH]3)nc2c1C. The summed E-state index contributed by atoms with van der Waals surface area (Å²) in [5, 5.41) is 0. The number of H-pyrrole nitrogens is 2. The zero-order valence-electron chi connectivity index (χ0n) is 17.4. The lowest BCUT2D eigenvalue weighted by atomic mass is 10.1. The molecular formula is C24H30N4. The molecule has 0 aliphatic carbocycles. The highest BCUT2D eigenvalue weighted by atomic mass is 14.9. The van der Waals surface area contributed by atoms with Crippen molar-refractivity contribution in [2.24, 2.45) is 0 Å². The third-order valence-corrected chi connectivity index (χ3v) is 6.03. The van der Waals surface area contributed by atoms with Gasteiger partial charge in [-0.15, -0.1) is 0 Å². The van der Waals surface area contributed by atoms with E-state index >= 15 is 0 Å². The Hall–Kier alpha value is -2.62. The smallest absolute Gasteiger partial charge is 0.107 e. The van der Waals surface area contributed by atoms with Gasteiger partial charge < -0.3 is 9.97 Å². The van der Waals surface area contributed by atoms with Gasteiger partial charge in [-0.05, 0) is 74.9 Å². The molecule has 0 spiro atoms. The minimum absolute atomic E-state index is 1.02. The monoisotopic (exact) mass is 374 g/mol. The van der Waals surface area contributed by atoms with Gasteiger partial charge in [0.1, 0.15) is 11.6 Å². The van der Waals surface area contributed by atoms with E-state index in [4.69, 9.17) is 9.97 Å². The molecule has 4 heteroatoms. The number of aromatic nitrogens is 4. The Morgan fingerprint density at radius 3 is 1.46 bits per heavy atom. The van der Waals surface area contributed by atoms with E-state index in [0.29, 0.717) is 0 Å². The lowest BCUT2D eigenvalue weighted by Crippen LogP contribution is -1.91. The van der Waals surface area contributed by atoms with Crippen LogP contribution in [0.4, 0.5) is 0 Å². The first-order valence-electron chi connectivity index (χ1n) is 10.4. The molecule has 2 aromatic heterocycles. The minimum Gasteiger partial charge on any atom is -0.342 e. The number of unbranched alkanes of at least 4 members (excludes halogenated alkanes) is 3. The summed E-state index contributed by atoms with van der Waals surface area (Å²) in [6.45, 7) is 8.60. The van der Waals surface area contributed by atoms with Crippen LogP contribution in [0.3, 0.4) is 0 Å². The highest BCUT2D eigenvalue weighted by Gasteiger charge is 2.08. The molecule has 0 fully saturated rings. The Labute approximate surface area is 166 Å². The van der Waals surface area contributed by atoms with Crippen LogP contribution in [0.2, 0.25) is 0 Å². The Balaban J connectivity index is 1.25. The highest BCUT2D eigenvalue weighted by Crippen LogP contribution is 2.21. The van der Waals surface area contributed by atoms with Gasteiger partial charge in [0.25, 0.3) is 0 Å². The molecule has 146 valence electrons. The second kappa shape index (κ2) is 7.78. The Kier molecular flexibility index (Phi) is 5.21. The van der Waals surface area contributed by atoms with Crippen molar-refractivity contribution in [1.82, 2.24) is 19.9 Å². The first kappa shape index (κ1) is 18.7. The van der Waals surface area contributed by atoms with Crippen LogP contribution in [0.1, 0.15) is 59.6 Å². The van der Waals surface area contributed by atoms with Crippen LogP contribution in [0.15, 0.2) is 24.3 Å². The summed E-state index contributed by atoms with van der Waals surface area (Å²) in [5.41, 5.74) is 9.77. The van der Waals surface area contributed by atoms with Crippen molar-refractivity contribution in [2.75, 3.05) is 0 Å². The Bertz CT molecular complexity index is 1030. The zero-order valence-corrected chi connectivity index (χ0v) is 17.4. The van der Waals surface area contributed by atoms with Gasteiger partial charge >= 0.3 is 0 Å². The van der Waals surface area contributed by atoms with Gasteiger partial charge in [-0.25, -0.2) is 9.97 Å². The van der Waals surface area contributed by atoms with Crippen LogP contribution in [0, 0.1) is 27.7 Å². The van der Waals surface area contributed by atoms with Crippen molar-refractivity contribution < 1.29 is 0 Å². The third-order valence-electron chi connectivity index (χ3n) is 6.03. The van der Waals surface area contributed by atoms with Crippen molar-refractivity contribution in [3.05, 3.63) is 58.2 Å². The summed E-state index contributed by atoms with van der Waals surface area (Å²) < 4.78 is 0. The highest BCUT2D eigenvalue weighted by molar-refractivity contribution is 5.80.